The van der Waals surface area contributed by atoms with Gasteiger partial charge in [-0.2, -0.15) is 0 Å². The Morgan fingerprint density at radius 2 is 2.10 bits per heavy atom. The van der Waals surface area contributed by atoms with E-state index >= 15 is 0 Å². The van der Waals surface area contributed by atoms with Crippen LogP contribution < -0.4 is 9.64 Å². The number of carbonyl (C=O) groups is 1. The van der Waals surface area contributed by atoms with Crippen LogP contribution in [-0.4, -0.2) is 35.2 Å². The molecule has 21 heavy (non-hydrogen) atoms. The van der Waals surface area contributed by atoms with Gasteiger partial charge in [-0.1, -0.05) is 12.1 Å². The Bertz CT molecular complexity index is 658. The third-order valence-electron chi connectivity index (χ3n) is 2.96. The van der Waals surface area contributed by atoms with E-state index < -0.39 is 5.97 Å². The highest BCUT2D eigenvalue weighted by Gasteiger charge is 2.12. The molecule has 0 atom stereocenters. The highest BCUT2D eigenvalue weighted by Crippen LogP contribution is 2.16. The molecule has 1 aromatic carbocycles. The van der Waals surface area contributed by atoms with E-state index in [4.69, 9.17) is 9.84 Å². The number of carboxylic acid groups (broad SMARTS) is 1. The van der Waals surface area contributed by atoms with Crippen LogP contribution in [0.2, 0.25) is 0 Å². The van der Waals surface area contributed by atoms with E-state index in [0.717, 1.165) is 11.3 Å². The summed E-state index contributed by atoms with van der Waals surface area (Å²) < 4.78 is 5.18. The molecule has 0 radical (unpaired) electrons. The van der Waals surface area contributed by atoms with E-state index in [1.807, 2.05) is 31.3 Å². The van der Waals surface area contributed by atoms with E-state index in [-0.39, 0.29) is 5.69 Å². The summed E-state index contributed by atoms with van der Waals surface area (Å²) in [6.07, 6.45) is 0. The minimum absolute atomic E-state index is 0.00464. The molecule has 110 valence electrons. The zero-order chi connectivity index (χ0) is 15.4. The van der Waals surface area contributed by atoms with Crippen LogP contribution >= 0.6 is 0 Å². The highest BCUT2D eigenvalue weighted by molar-refractivity contribution is 5.85. The van der Waals surface area contributed by atoms with Crippen LogP contribution in [0.4, 0.5) is 5.95 Å². The van der Waals surface area contributed by atoms with Crippen molar-refractivity contribution >= 4 is 11.9 Å². The first-order valence-electron chi connectivity index (χ1n) is 6.42. The van der Waals surface area contributed by atoms with Crippen molar-refractivity contribution in [1.29, 1.82) is 0 Å². The molecule has 2 rings (SSSR count). The first-order valence-corrected chi connectivity index (χ1v) is 6.42. The van der Waals surface area contributed by atoms with Gasteiger partial charge in [-0.15, -0.1) is 0 Å². The van der Waals surface area contributed by atoms with Gasteiger partial charge in [-0.25, -0.2) is 14.8 Å². The molecule has 0 saturated heterocycles. The third-order valence-corrected chi connectivity index (χ3v) is 2.96. The number of aryl methyl sites for hydroxylation is 1. The van der Waals surface area contributed by atoms with Gasteiger partial charge in [0.1, 0.15) is 5.75 Å². The summed E-state index contributed by atoms with van der Waals surface area (Å²) >= 11 is 0. The predicted molar refractivity (Wildman–Crippen MR) is 78.8 cm³/mol. The standard InChI is InChI=1S/C15H17N3O3/c1-10-7-13(14(19)20)17-15(16-10)18(2)9-11-5-4-6-12(8-11)21-3/h4-8H,9H2,1-3H3,(H,19,20). The Hall–Kier alpha value is -2.63. The Morgan fingerprint density at radius 3 is 2.76 bits per heavy atom. The average Bonchev–Trinajstić information content (AvgIpc) is 2.46. The van der Waals surface area contributed by atoms with Gasteiger partial charge in [-0.05, 0) is 30.7 Å². The first kappa shape index (κ1) is 14.8. The quantitative estimate of drug-likeness (QED) is 0.908. The van der Waals surface area contributed by atoms with Crippen LogP contribution in [0.1, 0.15) is 21.7 Å². The van der Waals surface area contributed by atoms with Gasteiger partial charge >= 0.3 is 5.97 Å². The molecule has 0 saturated carbocycles. The number of anilines is 1. The largest absolute Gasteiger partial charge is 0.497 e. The molecule has 0 spiro atoms. The molecule has 0 fully saturated rings. The lowest BCUT2D eigenvalue weighted by molar-refractivity contribution is 0.0690. The minimum atomic E-state index is -1.06. The number of methoxy groups -OCH3 is 1. The number of ether oxygens (including phenoxy) is 1. The SMILES string of the molecule is COc1cccc(CN(C)c2nc(C)cc(C(=O)O)n2)c1. The molecule has 0 aliphatic rings. The molecule has 6 nitrogen and oxygen atoms in total. The zero-order valence-electron chi connectivity index (χ0n) is 12.2. The van der Waals surface area contributed by atoms with Crippen molar-refractivity contribution in [1.82, 2.24) is 9.97 Å². The number of aromatic carboxylic acids is 1. The highest BCUT2D eigenvalue weighted by atomic mass is 16.5. The summed E-state index contributed by atoms with van der Waals surface area (Å²) in [5.41, 5.74) is 1.64. The van der Waals surface area contributed by atoms with Gasteiger partial charge in [0, 0.05) is 19.3 Å². The van der Waals surface area contributed by atoms with Gasteiger partial charge in [0.25, 0.3) is 0 Å². The predicted octanol–water partition coefficient (Wildman–Crippen LogP) is 2.13. The number of hydrogen-bond acceptors (Lipinski definition) is 5. The molecule has 0 unspecified atom stereocenters. The maximum atomic E-state index is 11.0. The molecule has 2 aromatic rings. The van der Waals surface area contributed by atoms with Gasteiger partial charge in [0.2, 0.25) is 5.95 Å². The molecule has 1 N–H and O–H groups in total. The summed E-state index contributed by atoms with van der Waals surface area (Å²) in [5.74, 6) is 0.101. The number of hydrogen-bond donors (Lipinski definition) is 1. The van der Waals surface area contributed by atoms with Crippen molar-refractivity contribution in [2.24, 2.45) is 0 Å². The van der Waals surface area contributed by atoms with Crippen LogP contribution in [0, 0.1) is 6.92 Å². The second-order valence-corrected chi connectivity index (χ2v) is 4.71. The summed E-state index contributed by atoms with van der Waals surface area (Å²) in [4.78, 5) is 21.2. The molecule has 0 bridgehead atoms. The summed E-state index contributed by atoms with van der Waals surface area (Å²) in [6.45, 7) is 2.30. The maximum absolute atomic E-state index is 11.0. The second kappa shape index (κ2) is 6.21. The van der Waals surface area contributed by atoms with Crippen LogP contribution in [0.5, 0.6) is 5.75 Å². The van der Waals surface area contributed by atoms with Gasteiger partial charge in [-0.3, -0.25) is 0 Å². The summed E-state index contributed by atoms with van der Waals surface area (Å²) in [7, 11) is 3.44. The van der Waals surface area contributed by atoms with Crippen molar-refractivity contribution in [3.63, 3.8) is 0 Å². The number of benzene rings is 1. The normalized spacial score (nSPS) is 10.2. The smallest absolute Gasteiger partial charge is 0.354 e. The van der Waals surface area contributed by atoms with E-state index in [0.29, 0.717) is 18.2 Å². The van der Waals surface area contributed by atoms with Crippen molar-refractivity contribution in [3.8, 4) is 5.75 Å². The average molecular weight is 287 g/mol. The number of nitrogens with zero attached hydrogens (tertiary/aromatic N) is 3. The fourth-order valence-electron chi connectivity index (χ4n) is 1.95. The van der Waals surface area contributed by atoms with Gasteiger partial charge in [0.05, 0.1) is 7.11 Å². The molecule has 1 heterocycles. The first-order chi connectivity index (χ1) is 9.99. The lowest BCUT2D eigenvalue weighted by atomic mass is 10.2. The van der Waals surface area contributed by atoms with Gasteiger partial charge in [0.15, 0.2) is 5.69 Å². The van der Waals surface area contributed by atoms with Crippen LogP contribution in [0.15, 0.2) is 30.3 Å². The maximum Gasteiger partial charge on any atom is 0.354 e. The Morgan fingerprint density at radius 1 is 1.33 bits per heavy atom. The topological polar surface area (TPSA) is 75.5 Å². The number of rotatable bonds is 5. The zero-order valence-corrected chi connectivity index (χ0v) is 12.2. The fourth-order valence-corrected chi connectivity index (χ4v) is 1.95. The monoisotopic (exact) mass is 287 g/mol. The molecule has 0 aliphatic carbocycles. The number of carboxylic acids is 1. The molecule has 0 amide bonds. The van der Waals surface area contributed by atoms with E-state index in [2.05, 4.69) is 9.97 Å². The Labute approximate surface area is 123 Å². The third kappa shape index (κ3) is 3.68. The molecule has 1 aromatic heterocycles. The van der Waals surface area contributed by atoms with Crippen molar-refractivity contribution in [3.05, 3.63) is 47.3 Å². The molecule has 0 aliphatic heterocycles. The minimum Gasteiger partial charge on any atom is -0.497 e. The van der Waals surface area contributed by atoms with Crippen LogP contribution in [0.25, 0.3) is 0 Å². The van der Waals surface area contributed by atoms with Crippen LogP contribution in [0.3, 0.4) is 0 Å². The van der Waals surface area contributed by atoms with Crippen molar-refractivity contribution in [2.75, 3.05) is 19.1 Å². The summed E-state index contributed by atoms with van der Waals surface area (Å²) in [5, 5.41) is 9.05. The van der Waals surface area contributed by atoms with E-state index in [1.54, 1.807) is 18.9 Å². The molecular weight excluding hydrogens is 270 g/mol. The van der Waals surface area contributed by atoms with Gasteiger partial charge < -0.3 is 14.7 Å². The molecular formula is C15H17N3O3. The lowest BCUT2D eigenvalue weighted by Gasteiger charge is -2.18. The summed E-state index contributed by atoms with van der Waals surface area (Å²) in [6, 6.07) is 9.11. The van der Waals surface area contributed by atoms with E-state index in [9.17, 15) is 4.79 Å². The van der Waals surface area contributed by atoms with E-state index in [1.165, 1.54) is 6.07 Å². The Balaban J connectivity index is 2.23. The lowest BCUT2D eigenvalue weighted by Crippen LogP contribution is -2.20. The number of aromatic nitrogens is 2. The fraction of sp³-hybridized carbons (Fsp3) is 0.267. The van der Waals surface area contributed by atoms with Crippen LogP contribution in [-0.2, 0) is 6.54 Å². The molecule has 6 heteroatoms. The van der Waals surface area contributed by atoms with Crippen molar-refractivity contribution in [2.45, 2.75) is 13.5 Å². The van der Waals surface area contributed by atoms with Crippen molar-refractivity contribution < 1.29 is 14.6 Å². The second-order valence-electron chi connectivity index (χ2n) is 4.71. The Kier molecular flexibility index (Phi) is 4.37.